The van der Waals surface area contributed by atoms with Gasteiger partial charge in [-0.3, -0.25) is 0 Å². The molecule has 5 heteroatoms. The van der Waals surface area contributed by atoms with Crippen LogP contribution in [0.1, 0.15) is 29.8 Å². The lowest BCUT2D eigenvalue weighted by Crippen LogP contribution is -2.18. The zero-order valence-corrected chi connectivity index (χ0v) is 11.7. The van der Waals surface area contributed by atoms with Gasteiger partial charge >= 0.3 is 0 Å². The molecular weight excluding hydrogens is 319 g/mol. The summed E-state index contributed by atoms with van der Waals surface area (Å²) in [6.07, 6.45) is -0.423. The maximum Gasteiger partial charge on any atom is 0.127 e. The topological polar surface area (TPSA) is 29.5 Å². The summed E-state index contributed by atoms with van der Waals surface area (Å²) < 4.78 is 20.0. The predicted octanol–water partition coefficient (Wildman–Crippen LogP) is 4.21. The first-order valence-electron chi connectivity index (χ1n) is 5.51. The van der Waals surface area contributed by atoms with Crippen LogP contribution in [0.4, 0.5) is 4.39 Å². The van der Waals surface area contributed by atoms with E-state index in [-0.39, 0.29) is 11.9 Å². The number of aliphatic hydroxyl groups excluding tert-OH is 1. The quantitative estimate of drug-likeness (QED) is 0.849. The van der Waals surface area contributed by atoms with Gasteiger partial charge in [0.05, 0.1) is 9.89 Å². The molecule has 0 saturated heterocycles. The first-order chi connectivity index (χ1) is 8.63. The van der Waals surface area contributed by atoms with Crippen molar-refractivity contribution in [2.24, 2.45) is 0 Å². The molecule has 3 rings (SSSR count). The zero-order chi connectivity index (χ0) is 12.7. The van der Waals surface area contributed by atoms with Gasteiger partial charge < -0.3 is 9.84 Å². The molecule has 18 heavy (non-hydrogen) atoms. The van der Waals surface area contributed by atoms with Crippen LogP contribution < -0.4 is 4.74 Å². The van der Waals surface area contributed by atoms with Crippen LogP contribution in [0, 0.1) is 5.82 Å². The Labute approximate surface area is 116 Å². The van der Waals surface area contributed by atoms with Crippen molar-refractivity contribution in [2.45, 2.75) is 18.6 Å². The van der Waals surface area contributed by atoms with Crippen molar-refractivity contribution < 1.29 is 14.2 Å². The highest BCUT2D eigenvalue weighted by molar-refractivity contribution is 9.11. The third-order valence-corrected chi connectivity index (χ3v) is 4.52. The van der Waals surface area contributed by atoms with Crippen molar-refractivity contribution in [3.05, 3.63) is 50.4 Å². The molecule has 1 aliphatic heterocycles. The molecule has 1 aliphatic rings. The summed E-state index contributed by atoms with van der Waals surface area (Å²) in [4.78, 5) is 0. The second-order valence-electron chi connectivity index (χ2n) is 4.22. The van der Waals surface area contributed by atoms with Crippen molar-refractivity contribution in [1.82, 2.24) is 0 Å². The smallest absolute Gasteiger partial charge is 0.127 e. The molecule has 0 amide bonds. The van der Waals surface area contributed by atoms with Crippen molar-refractivity contribution >= 4 is 27.3 Å². The predicted molar refractivity (Wildman–Crippen MR) is 71.4 cm³/mol. The van der Waals surface area contributed by atoms with Gasteiger partial charge in [-0.2, -0.15) is 0 Å². The molecule has 2 nitrogen and oxygen atoms in total. The highest BCUT2D eigenvalue weighted by Crippen LogP contribution is 2.42. The standard InChI is InChI=1S/C13H10BrFO2S/c14-13-3-7(6-18-13)12-5-10(16)9-4-8(15)1-2-11(9)17-12/h1-4,6,10,12,16H,5H2/t10-,12?/m0/s1. The third-order valence-electron chi connectivity index (χ3n) is 3.00. The second kappa shape index (κ2) is 4.64. The monoisotopic (exact) mass is 328 g/mol. The molecule has 94 valence electrons. The minimum absolute atomic E-state index is 0.180. The van der Waals surface area contributed by atoms with Gasteiger partial charge in [-0.15, -0.1) is 11.3 Å². The van der Waals surface area contributed by atoms with E-state index >= 15 is 0 Å². The first kappa shape index (κ1) is 12.1. The molecule has 0 radical (unpaired) electrons. The Kier molecular flexibility index (Phi) is 3.13. The van der Waals surface area contributed by atoms with E-state index in [0.29, 0.717) is 17.7 Å². The van der Waals surface area contributed by atoms with Gasteiger partial charge in [0.25, 0.3) is 0 Å². The first-order valence-corrected chi connectivity index (χ1v) is 7.19. The van der Waals surface area contributed by atoms with Crippen molar-refractivity contribution in [3.63, 3.8) is 0 Å². The van der Waals surface area contributed by atoms with Crippen LogP contribution in [0.5, 0.6) is 5.75 Å². The highest BCUT2D eigenvalue weighted by Gasteiger charge is 2.28. The summed E-state index contributed by atoms with van der Waals surface area (Å²) in [5, 5.41) is 12.1. The molecule has 1 aromatic carbocycles. The molecule has 1 N–H and O–H groups in total. The SMILES string of the molecule is O[C@H]1CC(c2csc(Br)c2)Oc2ccc(F)cc21. The Hall–Kier alpha value is -0.910. The van der Waals surface area contributed by atoms with E-state index in [1.54, 1.807) is 17.4 Å². The molecular formula is C13H10BrFO2S. The van der Waals surface area contributed by atoms with Crippen LogP contribution >= 0.6 is 27.3 Å². The molecule has 0 fully saturated rings. The minimum Gasteiger partial charge on any atom is -0.485 e. The van der Waals surface area contributed by atoms with Gasteiger partial charge in [0.1, 0.15) is 17.7 Å². The molecule has 0 bridgehead atoms. The van der Waals surface area contributed by atoms with Crippen LogP contribution in [-0.2, 0) is 0 Å². The lowest BCUT2D eigenvalue weighted by Gasteiger charge is -2.29. The van der Waals surface area contributed by atoms with Crippen molar-refractivity contribution in [3.8, 4) is 5.75 Å². The summed E-state index contributed by atoms with van der Waals surface area (Å²) in [7, 11) is 0. The molecule has 1 unspecified atom stereocenters. The average Bonchev–Trinajstić information content (AvgIpc) is 2.77. The summed E-state index contributed by atoms with van der Waals surface area (Å²) >= 11 is 4.98. The molecule has 0 spiro atoms. The van der Waals surface area contributed by atoms with Gasteiger partial charge in [0.15, 0.2) is 0 Å². The van der Waals surface area contributed by atoms with Crippen molar-refractivity contribution in [2.75, 3.05) is 0 Å². The van der Waals surface area contributed by atoms with Gasteiger partial charge in [-0.05, 0) is 45.6 Å². The Bertz CT molecular complexity index is 584. The fourth-order valence-electron chi connectivity index (χ4n) is 2.11. The minimum atomic E-state index is -0.687. The van der Waals surface area contributed by atoms with Gasteiger partial charge in [-0.25, -0.2) is 4.39 Å². The van der Waals surface area contributed by atoms with Gasteiger partial charge in [0.2, 0.25) is 0 Å². The lowest BCUT2D eigenvalue weighted by atomic mass is 9.96. The number of rotatable bonds is 1. The van der Waals surface area contributed by atoms with E-state index in [2.05, 4.69) is 15.9 Å². The van der Waals surface area contributed by atoms with E-state index in [1.807, 2.05) is 11.4 Å². The molecule has 1 aromatic heterocycles. The maximum absolute atomic E-state index is 13.1. The van der Waals surface area contributed by atoms with Gasteiger partial charge in [0, 0.05) is 17.5 Å². The number of aliphatic hydroxyl groups is 1. The molecule has 0 saturated carbocycles. The zero-order valence-electron chi connectivity index (χ0n) is 9.27. The number of halogens is 2. The second-order valence-corrected chi connectivity index (χ2v) is 6.51. The molecule has 2 heterocycles. The Balaban J connectivity index is 1.94. The summed E-state index contributed by atoms with van der Waals surface area (Å²) in [5.41, 5.74) is 1.56. The number of benzene rings is 1. The van der Waals surface area contributed by atoms with Crippen LogP contribution in [-0.4, -0.2) is 5.11 Å². The van der Waals surface area contributed by atoms with E-state index < -0.39 is 6.10 Å². The highest BCUT2D eigenvalue weighted by atomic mass is 79.9. The summed E-state index contributed by atoms with van der Waals surface area (Å²) in [6, 6.07) is 6.23. The number of fused-ring (bicyclic) bond motifs is 1. The molecule has 0 aliphatic carbocycles. The number of hydrogen-bond donors (Lipinski definition) is 1. The fraction of sp³-hybridized carbons (Fsp3) is 0.231. The maximum atomic E-state index is 13.1. The van der Waals surface area contributed by atoms with E-state index in [4.69, 9.17) is 4.74 Å². The number of ether oxygens (including phenoxy) is 1. The van der Waals surface area contributed by atoms with Crippen LogP contribution in [0.15, 0.2) is 33.4 Å². The van der Waals surface area contributed by atoms with Crippen LogP contribution in [0.25, 0.3) is 0 Å². The Morgan fingerprint density at radius 1 is 1.39 bits per heavy atom. The third kappa shape index (κ3) is 2.18. The lowest BCUT2D eigenvalue weighted by molar-refractivity contribution is 0.0655. The molecule has 2 aromatic rings. The van der Waals surface area contributed by atoms with E-state index in [0.717, 1.165) is 9.35 Å². The molecule has 2 atom stereocenters. The average molecular weight is 329 g/mol. The van der Waals surface area contributed by atoms with Crippen LogP contribution in [0.2, 0.25) is 0 Å². The largest absolute Gasteiger partial charge is 0.485 e. The van der Waals surface area contributed by atoms with Crippen LogP contribution in [0.3, 0.4) is 0 Å². The van der Waals surface area contributed by atoms with Gasteiger partial charge in [-0.1, -0.05) is 0 Å². The summed E-state index contributed by atoms with van der Waals surface area (Å²) in [5.74, 6) is 0.204. The fourth-order valence-corrected chi connectivity index (χ4v) is 3.33. The Morgan fingerprint density at radius 2 is 2.22 bits per heavy atom. The summed E-state index contributed by atoms with van der Waals surface area (Å²) in [6.45, 7) is 0. The number of thiophene rings is 1. The number of hydrogen-bond acceptors (Lipinski definition) is 3. The van der Waals surface area contributed by atoms with E-state index in [9.17, 15) is 9.50 Å². The Morgan fingerprint density at radius 3 is 2.94 bits per heavy atom. The van der Waals surface area contributed by atoms with E-state index in [1.165, 1.54) is 12.1 Å². The normalized spacial score (nSPS) is 22.4. The van der Waals surface area contributed by atoms with Crippen molar-refractivity contribution in [1.29, 1.82) is 0 Å².